The SMILES string of the molecule is CC1=CCC(S(=O)(=O)NNC(=O)c2ccncc2)CC1. The number of hydrogen-bond donors (Lipinski definition) is 2. The van der Waals surface area contributed by atoms with Gasteiger partial charge in [0.25, 0.3) is 5.91 Å². The van der Waals surface area contributed by atoms with Crippen LogP contribution in [0.5, 0.6) is 0 Å². The van der Waals surface area contributed by atoms with Crippen molar-refractivity contribution in [2.75, 3.05) is 0 Å². The molecule has 0 bridgehead atoms. The van der Waals surface area contributed by atoms with Crippen LogP contribution >= 0.6 is 0 Å². The quantitative estimate of drug-likeness (QED) is 0.644. The van der Waals surface area contributed by atoms with Crippen molar-refractivity contribution in [3.63, 3.8) is 0 Å². The van der Waals surface area contributed by atoms with Crippen LogP contribution in [0.3, 0.4) is 0 Å². The first kappa shape index (κ1) is 14.7. The summed E-state index contributed by atoms with van der Waals surface area (Å²) in [5.41, 5.74) is 3.78. The lowest BCUT2D eigenvalue weighted by molar-refractivity contribution is 0.0945. The first-order valence-electron chi connectivity index (χ1n) is 6.35. The molecule has 1 aromatic rings. The summed E-state index contributed by atoms with van der Waals surface area (Å²) in [6.45, 7) is 1.99. The minimum Gasteiger partial charge on any atom is -0.274 e. The van der Waals surface area contributed by atoms with Crippen LogP contribution in [0, 0.1) is 0 Å². The highest BCUT2D eigenvalue weighted by atomic mass is 32.2. The summed E-state index contributed by atoms with van der Waals surface area (Å²) in [7, 11) is -3.55. The highest BCUT2D eigenvalue weighted by Gasteiger charge is 2.26. The number of hydrogen-bond acceptors (Lipinski definition) is 4. The van der Waals surface area contributed by atoms with Crippen LogP contribution in [-0.4, -0.2) is 24.6 Å². The number of sulfonamides is 1. The molecule has 2 rings (SSSR count). The van der Waals surface area contributed by atoms with E-state index in [1.165, 1.54) is 30.1 Å². The van der Waals surface area contributed by atoms with Gasteiger partial charge in [0.1, 0.15) is 0 Å². The van der Waals surface area contributed by atoms with E-state index in [-0.39, 0.29) is 0 Å². The summed E-state index contributed by atoms with van der Waals surface area (Å²) in [6, 6.07) is 3.02. The van der Waals surface area contributed by atoms with E-state index in [1.807, 2.05) is 13.0 Å². The molecule has 1 heterocycles. The smallest absolute Gasteiger partial charge is 0.266 e. The molecule has 0 saturated heterocycles. The molecule has 0 spiro atoms. The van der Waals surface area contributed by atoms with Crippen molar-refractivity contribution in [3.8, 4) is 0 Å². The van der Waals surface area contributed by atoms with Gasteiger partial charge in [-0.2, -0.15) is 0 Å². The third kappa shape index (κ3) is 3.64. The molecule has 1 aliphatic rings. The highest BCUT2D eigenvalue weighted by molar-refractivity contribution is 7.90. The number of allylic oxidation sites excluding steroid dienone is 2. The Morgan fingerprint density at radius 2 is 2.05 bits per heavy atom. The van der Waals surface area contributed by atoms with E-state index in [4.69, 9.17) is 0 Å². The summed E-state index contributed by atoms with van der Waals surface area (Å²) < 4.78 is 24.1. The number of carbonyl (C=O) groups excluding carboxylic acids is 1. The van der Waals surface area contributed by atoms with Crippen molar-refractivity contribution < 1.29 is 13.2 Å². The highest BCUT2D eigenvalue weighted by Crippen LogP contribution is 2.22. The first-order valence-corrected chi connectivity index (χ1v) is 7.90. The Balaban J connectivity index is 1.95. The minimum absolute atomic E-state index is 0.349. The van der Waals surface area contributed by atoms with Gasteiger partial charge in [-0.05, 0) is 38.3 Å². The van der Waals surface area contributed by atoms with Crippen molar-refractivity contribution in [1.82, 2.24) is 15.2 Å². The molecule has 1 aliphatic carbocycles. The molecular formula is C13H17N3O3S. The largest absolute Gasteiger partial charge is 0.274 e. The molecule has 1 amide bonds. The van der Waals surface area contributed by atoms with Gasteiger partial charge in [-0.25, -0.2) is 8.42 Å². The standard InChI is InChI=1S/C13H17N3O3S/c1-10-2-4-12(5-3-10)20(18,19)16-15-13(17)11-6-8-14-9-7-11/h2,6-9,12,16H,3-5H2,1H3,(H,15,17). The third-order valence-corrected chi connectivity index (χ3v) is 4.97. The molecule has 1 aromatic heterocycles. The van der Waals surface area contributed by atoms with Crippen molar-refractivity contribution in [3.05, 3.63) is 41.7 Å². The second-order valence-electron chi connectivity index (χ2n) is 4.78. The van der Waals surface area contributed by atoms with Crippen molar-refractivity contribution in [1.29, 1.82) is 0 Å². The Kier molecular flexibility index (Phi) is 4.51. The molecule has 20 heavy (non-hydrogen) atoms. The van der Waals surface area contributed by atoms with Gasteiger partial charge in [0, 0.05) is 18.0 Å². The van der Waals surface area contributed by atoms with Crippen LogP contribution in [0.15, 0.2) is 36.2 Å². The molecule has 0 aliphatic heterocycles. The fourth-order valence-corrected chi connectivity index (χ4v) is 3.18. The van der Waals surface area contributed by atoms with Crippen LogP contribution in [0.1, 0.15) is 36.5 Å². The minimum atomic E-state index is -3.55. The predicted molar refractivity (Wildman–Crippen MR) is 75.2 cm³/mol. The lowest BCUT2D eigenvalue weighted by Gasteiger charge is -2.21. The number of aromatic nitrogens is 1. The van der Waals surface area contributed by atoms with E-state index in [9.17, 15) is 13.2 Å². The van der Waals surface area contributed by atoms with Gasteiger partial charge in [-0.1, -0.05) is 11.6 Å². The number of amides is 1. The van der Waals surface area contributed by atoms with Crippen molar-refractivity contribution >= 4 is 15.9 Å². The van der Waals surface area contributed by atoms with E-state index >= 15 is 0 Å². The Labute approximate surface area is 118 Å². The maximum Gasteiger partial charge on any atom is 0.266 e. The lowest BCUT2D eigenvalue weighted by atomic mass is 10.0. The van der Waals surface area contributed by atoms with Crippen molar-refractivity contribution in [2.24, 2.45) is 0 Å². The first-order chi connectivity index (χ1) is 9.49. The van der Waals surface area contributed by atoms with Crippen LogP contribution in [-0.2, 0) is 10.0 Å². The zero-order valence-electron chi connectivity index (χ0n) is 11.2. The van der Waals surface area contributed by atoms with Gasteiger partial charge in [-0.15, -0.1) is 4.83 Å². The number of nitrogens with zero attached hydrogens (tertiary/aromatic N) is 1. The van der Waals surface area contributed by atoms with Gasteiger partial charge < -0.3 is 0 Å². The van der Waals surface area contributed by atoms with Crippen molar-refractivity contribution in [2.45, 2.75) is 31.4 Å². The van der Waals surface area contributed by atoms with Gasteiger partial charge in [-0.3, -0.25) is 15.2 Å². The molecule has 1 unspecified atom stereocenters. The number of nitrogens with one attached hydrogen (secondary N) is 2. The molecule has 1 atom stereocenters. The summed E-state index contributed by atoms with van der Waals surface area (Å²) in [6.07, 6.45) is 6.69. The van der Waals surface area contributed by atoms with Crippen LogP contribution < -0.4 is 10.3 Å². The second kappa shape index (κ2) is 6.15. The average molecular weight is 295 g/mol. The molecule has 0 saturated carbocycles. The molecule has 6 nitrogen and oxygen atoms in total. The predicted octanol–water partition coefficient (Wildman–Crippen LogP) is 1.14. The normalized spacial score (nSPS) is 19.2. The topological polar surface area (TPSA) is 88.2 Å². The summed E-state index contributed by atoms with van der Waals surface area (Å²) >= 11 is 0. The average Bonchev–Trinajstić information content (AvgIpc) is 2.46. The third-order valence-electron chi connectivity index (χ3n) is 3.28. The Morgan fingerprint density at radius 1 is 1.35 bits per heavy atom. The van der Waals surface area contributed by atoms with E-state index < -0.39 is 21.2 Å². The number of hydrazine groups is 1. The molecule has 0 aromatic carbocycles. The number of pyridine rings is 1. The van der Waals surface area contributed by atoms with Crippen LogP contribution in [0.2, 0.25) is 0 Å². The summed E-state index contributed by atoms with van der Waals surface area (Å²) in [4.78, 5) is 17.7. The summed E-state index contributed by atoms with van der Waals surface area (Å²) in [5, 5.41) is -0.496. The number of rotatable bonds is 4. The summed E-state index contributed by atoms with van der Waals surface area (Å²) in [5.74, 6) is -0.501. The Bertz CT molecular complexity index is 611. The Hall–Kier alpha value is -1.73. The van der Waals surface area contributed by atoms with E-state index in [0.29, 0.717) is 18.4 Å². The zero-order valence-corrected chi connectivity index (χ0v) is 12.0. The monoisotopic (exact) mass is 295 g/mol. The maximum absolute atomic E-state index is 12.1. The molecule has 2 N–H and O–H groups in total. The Morgan fingerprint density at radius 3 is 2.65 bits per heavy atom. The molecule has 7 heteroatoms. The molecule has 0 fully saturated rings. The van der Waals surface area contributed by atoms with Gasteiger partial charge in [0.05, 0.1) is 5.25 Å². The molecule has 108 valence electrons. The number of carbonyl (C=O) groups is 1. The maximum atomic E-state index is 12.1. The second-order valence-corrected chi connectivity index (χ2v) is 6.74. The van der Waals surface area contributed by atoms with Crippen LogP contribution in [0.25, 0.3) is 0 Å². The molecular weight excluding hydrogens is 278 g/mol. The lowest BCUT2D eigenvalue weighted by Crippen LogP contribution is -2.46. The van der Waals surface area contributed by atoms with Gasteiger partial charge in [0.15, 0.2) is 0 Å². The van der Waals surface area contributed by atoms with E-state index in [0.717, 1.165) is 6.42 Å². The zero-order chi connectivity index (χ0) is 14.6. The molecule has 0 radical (unpaired) electrons. The fraction of sp³-hybridized carbons (Fsp3) is 0.385. The van der Waals surface area contributed by atoms with Gasteiger partial charge in [0.2, 0.25) is 10.0 Å². The van der Waals surface area contributed by atoms with Gasteiger partial charge >= 0.3 is 0 Å². The van der Waals surface area contributed by atoms with Crippen LogP contribution in [0.4, 0.5) is 0 Å². The van der Waals surface area contributed by atoms with E-state index in [1.54, 1.807) is 0 Å². The fourth-order valence-electron chi connectivity index (χ4n) is 2.00. The van der Waals surface area contributed by atoms with E-state index in [2.05, 4.69) is 15.2 Å².